The molecule has 2 rings (SSSR count). The van der Waals surface area contributed by atoms with E-state index < -0.39 is 0 Å². The molecule has 1 atom stereocenters. The second-order valence-electron chi connectivity index (χ2n) is 4.32. The lowest BCUT2D eigenvalue weighted by Gasteiger charge is -2.31. The molecular weight excluding hydrogens is 361 g/mol. The van der Waals surface area contributed by atoms with Gasteiger partial charge < -0.3 is 15.4 Å². The third kappa shape index (κ3) is 4.10. The average Bonchev–Trinajstić information content (AvgIpc) is 2.75. The minimum Gasteiger partial charge on any atom is -0.375 e. The molecule has 2 N–H and O–H groups in total. The molecule has 1 unspecified atom stereocenters. The van der Waals surface area contributed by atoms with Crippen molar-refractivity contribution in [2.75, 3.05) is 26.2 Å². The number of aliphatic imine (C=N–C) groups is 1. The number of ether oxygens (including phenoxy) is 1. The molecule has 1 aromatic heterocycles. The topological polar surface area (TPSA) is 50.8 Å². The van der Waals surface area contributed by atoms with E-state index in [9.17, 15) is 0 Å². The summed E-state index contributed by atoms with van der Waals surface area (Å²) in [7, 11) is 0. The third-order valence-corrected chi connectivity index (χ3v) is 4.78. The molecule has 0 spiro atoms. The molecule has 100 valence electrons. The fourth-order valence-corrected chi connectivity index (χ4v) is 3.64. The molecule has 1 fully saturated rings. The van der Waals surface area contributed by atoms with Gasteiger partial charge in [-0.05, 0) is 41.6 Å². The lowest BCUT2D eigenvalue weighted by Crippen LogP contribution is -2.47. The summed E-state index contributed by atoms with van der Waals surface area (Å²) in [6.07, 6.45) is 1.21. The summed E-state index contributed by atoms with van der Waals surface area (Å²) >= 11 is 4.16. The number of hydrogen-bond acceptors (Lipinski definition) is 3. The summed E-state index contributed by atoms with van der Waals surface area (Å²) in [5, 5.41) is 0. The smallest absolute Gasteiger partial charge is 0.191 e. The first kappa shape index (κ1) is 14.1. The minimum absolute atomic E-state index is 0.242. The van der Waals surface area contributed by atoms with Gasteiger partial charge in [-0.25, -0.2) is 0 Å². The predicted molar refractivity (Wildman–Crippen MR) is 84.2 cm³/mol. The summed E-state index contributed by atoms with van der Waals surface area (Å²) in [6, 6.07) is 4.30. The van der Waals surface area contributed by atoms with Crippen LogP contribution in [0.4, 0.5) is 0 Å². The molecule has 1 aliphatic heterocycles. The highest BCUT2D eigenvalue weighted by atomic mass is 127. The zero-order valence-corrected chi connectivity index (χ0v) is 13.4. The normalized spacial score (nSPS) is 21.3. The number of thiophene rings is 1. The van der Waals surface area contributed by atoms with Crippen LogP contribution in [0.2, 0.25) is 0 Å². The van der Waals surface area contributed by atoms with E-state index in [1.807, 2.05) is 11.3 Å². The molecular formula is C12H18IN3OS. The fourth-order valence-electron chi connectivity index (χ4n) is 1.89. The standard InChI is InChI=1S/C12H18IN3OS/c1-9-8-16(6-7-17-9)12(14)15-5-4-10-2-3-11(13)18-10/h2-3,9H,4-8H2,1H3,(H2,14,15). The van der Waals surface area contributed by atoms with Gasteiger partial charge in [0, 0.05) is 30.9 Å². The molecule has 0 bridgehead atoms. The van der Waals surface area contributed by atoms with Crippen molar-refractivity contribution < 1.29 is 4.74 Å². The molecule has 4 nitrogen and oxygen atoms in total. The van der Waals surface area contributed by atoms with Crippen LogP contribution >= 0.6 is 33.9 Å². The molecule has 1 saturated heterocycles. The van der Waals surface area contributed by atoms with E-state index in [1.54, 1.807) is 0 Å². The quantitative estimate of drug-likeness (QED) is 0.496. The van der Waals surface area contributed by atoms with E-state index in [4.69, 9.17) is 10.5 Å². The molecule has 0 aromatic carbocycles. The molecule has 0 aliphatic carbocycles. The highest BCUT2D eigenvalue weighted by molar-refractivity contribution is 14.1. The number of guanidine groups is 1. The van der Waals surface area contributed by atoms with Crippen molar-refractivity contribution in [2.24, 2.45) is 10.7 Å². The fraction of sp³-hybridized carbons (Fsp3) is 0.583. The molecule has 18 heavy (non-hydrogen) atoms. The Bertz CT molecular complexity index is 421. The largest absolute Gasteiger partial charge is 0.375 e. The molecule has 6 heteroatoms. The van der Waals surface area contributed by atoms with Gasteiger partial charge in [-0.2, -0.15) is 0 Å². The van der Waals surface area contributed by atoms with Gasteiger partial charge in [0.2, 0.25) is 0 Å². The number of hydrogen-bond donors (Lipinski definition) is 1. The van der Waals surface area contributed by atoms with E-state index in [1.165, 1.54) is 7.76 Å². The number of nitrogens with two attached hydrogens (primary N) is 1. The Balaban J connectivity index is 1.81. The van der Waals surface area contributed by atoms with Gasteiger partial charge in [-0.3, -0.25) is 4.99 Å². The highest BCUT2D eigenvalue weighted by Crippen LogP contribution is 2.18. The maximum atomic E-state index is 6.00. The van der Waals surface area contributed by atoms with Gasteiger partial charge in [0.15, 0.2) is 5.96 Å². The second kappa shape index (κ2) is 6.72. The van der Waals surface area contributed by atoms with Crippen LogP contribution in [0.3, 0.4) is 0 Å². The van der Waals surface area contributed by atoms with Gasteiger partial charge in [-0.1, -0.05) is 0 Å². The van der Waals surface area contributed by atoms with Gasteiger partial charge in [0.25, 0.3) is 0 Å². The van der Waals surface area contributed by atoms with Crippen molar-refractivity contribution in [1.82, 2.24) is 4.90 Å². The van der Waals surface area contributed by atoms with Gasteiger partial charge in [-0.15, -0.1) is 11.3 Å². The Hall–Kier alpha value is -0.340. The first-order valence-electron chi connectivity index (χ1n) is 6.06. The summed E-state index contributed by atoms with van der Waals surface area (Å²) in [4.78, 5) is 7.93. The zero-order chi connectivity index (χ0) is 13.0. The summed E-state index contributed by atoms with van der Waals surface area (Å²) in [6.45, 7) is 5.24. The predicted octanol–water partition coefficient (Wildman–Crippen LogP) is 1.93. The van der Waals surface area contributed by atoms with Crippen molar-refractivity contribution in [1.29, 1.82) is 0 Å². The van der Waals surface area contributed by atoms with E-state index >= 15 is 0 Å². The Kier molecular flexibility index (Phi) is 5.25. The average molecular weight is 379 g/mol. The first-order chi connectivity index (χ1) is 8.65. The summed E-state index contributed by atoms with van der Waals surface area (Å²) in [5.41, 5.74) is 6.00. The van der Waals surface area contributed by atoms with Crippen LogP contribution in [0.1, 0.15) is 11.8 Å². The van der Waals surface area contributed by atoms with Gasteiger partial charge >= 0.3 is 0 Å². The highest BCUT2D eigenvalue weighted by Gasteiger charge is 2.17. The van der Waals surface area contributed by atoms with Crippen molar-refractivity contribution in [3.8, 4) is 0 Å². The Labute approximate surface area is 125 Å². The van der Waals surface area contributed by atoms with E-state index in [0.717, 1.165) is 32.7 Å². The van der Waals surface area contributed by atoms with Crippen LogP contribution in [0.5, 0.6) is 0 Å². The minimum atomic E-state index is 0.242. The van der Waals surface area contributed by atoms with Crippen LogP contribution < -0.4 is 5.73 Å². The molecule has 1 aromatic rings. The Morgan fingerprint density at radius 3 is 3.17 bits per heavy atom. The number of morpholine rings is 1. The Morgan fingerprint density at radius 2 is 2.50 bits per heavy atom. The number of rotatable bonds is 3. The Morgan fingerprint density at radius 1 is 1.67 bits per heavy atom. The molecule has 0 saturated carbocycles. The number of nitrogens with zero attached hydrogens (tertiary/aromatic N) is 2. The lowest BCUT2D eigenvalue weighted by atomic mass is 10.3. The van der Waals surface area contributed by atoms with E-state index in [-0.39, 0.29) is 6.10 Å². The zero-order valence-electron chi connectivity index (χ0n) is 10.4. The molecule has 0 amide bonds. The van der Waals surface area contributed by atoms with Crippen LogP contribution in [0, 0.1) is 2.88 Å². The second-order valence-corrected chi connectivity index (χ2v) is 7.39. The SMILES string of the molecule is CC1CN(C(N)=NCCc2ccc(I)s2)CCO1. The van der Waals surface area contributed by atoms with Crippen molar-refractivity contribution in [2.45, 2.75) is 19.4 Å². The van der Waals surface area contributed by atoms with Crippen LogP contribution in [-0.2, 0) is 11.2 Å². The summed E-state index contributed by atoms with van der Waals surface area (Å²) < 4.78 is 6.80. The first-order valence-corrected chi connectivity index (χ1v) is 7.95. The van der Waals surface area contributed by atoms with E-state index in [2.05, 4.69) is 51.5 Å². The van der Waals surface area contributed by atoms with Crippen molar-refractivity contribution >= 4 is 39.9 Å². The molecule has 1 aliphatic rings. The van der Waals surface area contributed by atoms with Crippen molar-refractivity contribution in [3.05, 3.63) is 19.9 Å². The molecule has 2 heterocycles. The maximum absolute atomic E-state index is 6.00. The van der Waals surface area contributed by atoms with E-state index in [0.29, 0.717) is 5.96 Å². The van der Waals surface area contributed by atoms with Gasteiger partial charge in [0.1, 0.15) is 0 Å². The van der Waals surface area contributed by atoms with Crippen molar-refractivity contribution in [3.63, 3.8) is 0 Å². The third-order valence-electron chi connectivity index (χ3n) is 2.83. The lowest BCUT2D eigenvalue weighted by molar-refractivity contribution is 0.00530. The number of halogens is 1. The monoisotopic (exact) mass is 379 g/mol. The van der Waals surface area contributed by atoms with Crippen LogP contribution in [0.15, 0.2) is 17.1 Å². The van der Waals surface area contributed by atoms with Crippen LogP contribution in [0.25, 0.3) is 0 Å². The van der Waals surface area contributed by atoms with Crippen LogP contribution in [-0.4, -0.2) is 43.2 Å². The molecule has 0 radical (unpaired) electrons. The maximum Gasteiger partial charge on any atom is 0.191 e. The van der Waals surface area contributed by atoms with Gasteiger partial charge in [0.05, 0.1) is 15.6 Å². The summed E-state index contributed by atoms with van der Waals surface area (Å²) in [5.74, 6) is 0.649.